The number of amides is 1. The Morgan fingerprint density at radius 3 is 2.42 bits per heavy atom. The molecular weight excluding hydrogens is 304 g/mol. The maximum absolute atomic E-state index is 12.4. The van der Waals surface area contributed by atoms with Crippen LogP contribution in [0.5, 0.6) is 0 Å². The van der Waals surface area contributed by atoms with Crippen molar-refractivity contribution in [2.24, 2.45) is 0 Å². The molecule has 0 radical (unpaired) electrons. The van der Waals surface area contributed by atoms with Crippen molar-refractivity contribution >= 4 is 22.6 Å². The van der Waals surface area contributed by atoms with Crippen molar-refractivity contribution in [3.63, 3.8) is 0 Å². The number of aromatic carboxylic acids is 1. The summed E-state index contributed by atoms with van der Waals surface area (Å²) in [6, 6.07) is 18.0. The highest BCUT2D eigenvalue weighted by atomic mass is 16.4. The fraction of sp³-hybridized carbons (Fsp3) is 0.105. The van der Waals surface area contributed by atoms with E-state index in [9.17, 15) is 9.59 Å². The molecular formula is C19H16N2O3. The van der Waals surface area contributed by atoms with Gasteiger partial charge in [0.15, 0.2) is 0 Å². The quantitative estimate of drug-likeness (QED) is 0.772. The van der Waals surface area contributed by atoms with Crippen LogP contribution in [0.1, 0.15) is 39.5 Å². The number of nitrogens with zero attached hydrogens (tertiary/aromatic N) is 1. The van der Waals surface area contributed by atoms with Crippen LogP contribution >= 0.6 is 0 Å². The Morgan fingerprint density at radius 1 is 0.958 bits per heavy atom. The number of hydrogen-bond acceptors (Lipinski definition) is 3. The van der Waals surface area contributed by atoms with E-state index in [0.717, 1.165) is 16.3 Å². The number of benzene rings is 2. The van der Waals surface area contributed by atoms with E-state index in [4.69, 9.17) is 5.11 Å². The molecule has 0 saturated carbocycles. The predicted octanol–water partition coefficient (Wildman–Crippen LogP) is 3.42. The Labute approximate surface area is 139 Å². The third kappa shape index (κ3) is 3.10. The van der Waals surface area contributed by atoms with Crippen LogP contribution in [0.2, 0.25) is 0 Å². The minimum atomic E-state index is -1.16. The van der Waals surface area contributed by atoms with E-state index in [1.54, 1.807) is 0 Å². The van der Waals surface area contributed by atoms with E-state index in [0.29, 0.717) is 0 Å². The van der Waals surface area contributed by atoms with Gasteiger partial charge in [0, 0.05) is 0 Å². The fourth-order valence-corrected chi connectivity index (χ4v) is 2.66. The first-order valence-corrected chi connectivity index (χ1v) is 7.55. The molecule has 3 aromatic rings. The lowest BCUT2D eigenvalue weighted by molar-refractivity contribution is 0.0690. The Kier molecular flexibility index (Phi) is 4.24. The first-order valence-electron chi connectivity index (χ1n) is 7.55. The summed E-state index contributed by atoms with van der Waals surface area (Å²) in [5.41, 5.74) is 0.929. The number of fused-ring (bicyclic) bond motifs is 1. The van der Waals surface area contributed by atoms with Gasteiger partial charge in [0.1, 0.15) is 11.4 Å². The second kappa shape index (κ2) is 6.50. The zero-order valence-electron chi connectivity index (χ0n) is 13.1. The molecule has 1 aromatic heterocycles. The number of carboxylic acids is 1. The van der Waals surface area contributed by atoms with Gasteiger partial charge in [-0.1, -0.05) is 48.5 Å². The highest BCUT2D eigenvalue weighted by Gasteiger charge is 2.16. The molecule has 3 rings (SSSR count). The molecule has 0 saturated heterocycles. The first kappa shape index (κ1) is 15.7. The van der Waals surface area contributed by atoms with E-state index in [2.05, 4.69) is 10.3 Å². The van der Waals surface area contributed by atoms with Gasteiger partial charge >= 0.3 is 5.97 Å². The van der Waals surface area contributed by atoms with Crippen molar-refractivity contribution in [1.82, 2.24) is 10.3 Å². The van der Waals surface area contributed by atoms with E-state index in [1.165, 1.54) is 18.2 Å². The van der Waals surface area contributed by atoms with Gasteiger partial charge in [-0.05, 0) is 35.4 Å². The topological polar surface area (TPSA) is 79.3 Å². The van der Waals surface area contributed by atoms with E-state index >= 15 is 0 Å². The Hall–Kier alpha value is -3.21. The average molecular weight is 320 g/mol. The highest BCUT2D eigenvalue weighted by molar-refractivity contribution is 5.95. The summed E-state index contributed by atoms with van der Waals surface area (Å²) in [4.78, 5) is 27.2. The van der Waals surface area contributed by atoms with Gasteiger partial charge in [0.05, 0.1) is 6.04 Å². The van der Waals surface area contributed by atoms with E-state index in [1.807, 2.05) is 49.4 Å². The molecule has 2 N–H and O–H groups in total. The molecule has 0 bridgehead atoms. The maximum atomic E-state index is 12.4. The molecule has 24 heavy (non-hydrogen) atoms. The molecule has 0 aliphatic rings. The first-order chi connectivity index (χ1) is 11.6. The summed E-state index contributed by atoms with van der Waals surface area (Å²) in [5, 5.41) is 14.0. The number of pyridine rings is 1. The highest BCUT2D eigenvalue weighted by Crippen LogP contribution is 2.24. The smallest absolute Gasteiger partial charge is 0.354 e. The molecule has 1 amide bonds. The molecule has 0 fully saturated rings. The van der Waals surface area contributed by atoms with Crippen molar-refractivity contribution in [3.05, 3.63) is 77.6 Å². The summed E-state index contributed by atoms with van der Waals surface area (Å²) in [6.45, 7) is 1.89. The van der Waals surface area contributed by atoms with Gasteiger partial charge in [-0.3, -0.25) is 4.79 Å². The largest absolute Gasteiger partial charge is 0.477 e. The lowest BCUT2D eigenvalue weighted by Crippen LogP contribution is -2.28. The van der Waals surface area contributed by atoms with Crippen molar-refractivity contribution in [1.29, 1.82) is 0 Å². The fourth-order valence-electron chi connectivity index (χ4n) is 2.66. The van der Waals surface area contributed by atoms with Crippen molar-refractivity contribution in [2.75, 3.05) is 0 Å². The van der Waals surface area contributed by atoms with Crippen LogP contribution in [0.4, 0.5) is 0 Å². The van der Waals surface area contributed by atoms with Crippen molar-refractivity contribution < 1.29 is 14.7 Å². The lowest BCUT2D eigenvalue weighted by Gasteiger charge is -2.16. The monoisotopic (exact) mass is 320 g/mol. The number of rotatable bonds is 4. The van der Waals surface area contributed by atoms with Crippen LogP contribution in [0.3, 0.4) is 0 Å². The van der Waals surface area contributed by atoms with Gasteiger partial charge in [-0.2, -0.15) is 0 Å². The minimum absolute atomic E-state index is 0.0852. The van der Waals surface area contributed by atoms with Gasteiger partial charge in [0.2, 0.25) is 0 Å². The molecule has 0 spiro atoms. The standard InChI is InChI=1S/C19H16N2O3/c1-12(14-9-4-7-13-6-2-3-8-15(13)14)20-18(22)16-10-5-11-17(21-16)19(23)24/h2-12H,1H3,(H,20,22)(H,23,24)/t12-/m0/s1. The zero-order chi connectivity index (χ0) is 17.1. The predicted molar refractivity (Wildman–Crippen MR) is 91.0 cm³/mol. The normalized spacial score (nSPS) is 11.9. The molecule has 1 atom stereocenters. The molecule has 0 aliphatic heterocycles. The number of carbonyl (C=O) groups excluding carboxylic acids is 1. The summed E-state index contributed by atoms with van der Waals surface area (Å²) in [7, 11) is 0. The number of carboxylic acid groups (broad SMARTS) is 1. The van der Waals surface area contributed by atoms with Crippen LogP contribution < -0.4 is 5.32 Å². The van der Waals surface area contributed by atoms with Crippen LogP contribution in [-0.4, -0.2) is 22.0 Å². The van der Waals surface area contributed by atoms with Crippen LogP contribution in [0, 0.1) is 0 Å². The minimum Gasteiger partial charge on any atom is -0.477 e. The third-order valence-corrected chi connectivity index (χ3v) is 3.84. The molecule has 2 aromatic carbocycles. The molecule has 1 heterocycles. The number of nitrogens with one attached hydrogen (secondary N) is 1. The van der Waals surface area contributed by atoms with Crippen LogP contribution in [0.25, 0.3) is 10.8 Å². The second-order valence-corrected chi connectivity index (χ2v) is 5.48. The summed E-state index contributed by atoms with van der Waals surface area (Å²) < 4.78 is 0. The lowest BCUT2D eigenvalue weighted by atomic mass is 9.99. The Balaban J connectivity index is 1.86. The number of carbonyl (C=O) groups is 2. The summed E-state index contributed by atoms with van der Waals surface area (Å²) in [5.74, 6) is -1.56. The molecule has 120 valence electrons. The third-order valence-electron chi connectivity index (χ3n) is 3.84. The molecule has 0 aliphatic carbocycles. The van der Waals surface area contributed by atoms with Gasteiger partial charge in [0.25, 0.3) is 5.91 Å². The van der Waals surface area contributed by atoms with Gasteiger partial charge < -0.3 is 10.4 Å². The van der Waals surface area contributed by atoms with Crippen LogP contribution in [0.15, 0.2) is 60.7 Å². The number of hydrogen-bond donors (Lipinski definition) is 2. The Morgan fingerprint density at radius 2 is 1.62 bits per heavy atom. The number of aromatic nitrogens is 1. The molecule has 5 nitrogen and oxygen atoms in total. The zero-order valence-corrected chi connectivity index (χ0v) is 13.1. The van der Waals surface area contributed by atoms with Crippen molar-refractivity contribution in [2.45, 2.75) is 13.0 Å². The van der Waals surface area contributed by atoms with Crippen LogP contribution in [-0.2, 0) is 0 Å². The van der Waals surface area contributed by atoms with Gasteiger partial charge in [-0.15, -0.1) is 0 Å². The summed E-state index contributed by atoms with van der Waals surface area (Å²) >= 11 is 0. The van der Waals surface area contributed by atoms with Gasteiger partial charge in [-0.25, -0.2) is 9.78 Å². The maximum Gasteiger partial charge on any atom is 0.354 e. The van der Waals surface area contributed by atoms with E-state index in [-0.39, 0.29) is 17.4 Å². The second-order valence-electron chi connectivity index (χ2n) is 5.48. The SMILES string of the molecule is C[C@H](NC(=O)c1cccc(C(=O)O)n1)c1cccc2ccccc12. The average Bonchev–Trinajstić information content (AvgIpc) is 2.61. The molecule has 5 heteroatoms. The summed E-state index contributed by atoms with van der Waals surface area (Å²) in [6.07, 6.45) is 0. The Bertz CT molecular complexity index is 916. The van der Waals surface area contributed by atoms with Crippen molar-refractivity contribution in [3.8, 4) is 0 Å². The molecule has 0 unspecified atom stereocenters. The van der Waals surface area contributed by atoms with E-state index < -0.39 is 11.9 Å².